The van der Waals surface area contributed by atoms with Gasteiger partial charge >= 0.3 is 6.18 Å². The molecule has 168 valence electrons. The van der Waals surface area contributed by atoms with Crippen molar-refractivity contribution in [3.05, 3.63) is 46.7 Å². The third kappa shape index (κ3) is 7.04. The Kier molecular flexibility index (Phi) is 8.13. The topological polar surface area (TPSA) is 104 Å². The Hall–Kier alpha value is -2.97. The number of rotatable bonds is 7. The summed E-state index contributed by atoms with van der Waals surface area (Å²) < 4.78 is 38.9. The number of allylic oxidation sites excluding steroid dienone is 1. The van der Waals surface area contributed by atoms with E-state index in [1.165, 1.54) is 18.3 Å². The van der Waals surface area contributed by atoms with Crippen LogP contribution in [0.4, 0.5) is 13.2 Å². The number of hydrogen-bond donors (Lipinski definition) is 3. The number of carbonyl (C=O) groups is 1. The summed E-state index contributed by atoms with van der Waals surface area (Å²) >= 11 is 0. The Bertz CT molecular complexity index is 908. The maximum absolute atomic E-state index is 13.0. The Morgan fingerprint density at radius 1 is 1.35 bits per heavy atom. The van der Waals surface area contributed by atoms with Gasteiger partial charge in [0, 0.05) is 29.2 Å². The minimum atomic E-state index is -4.49. The summed E-state index contributed by atoms with van der Waals surface area (Å²) in [6.45, 7) is 5.43. The number of nitrogens with zero attached hydrogens (tertiary/aromatic N) is 2. The first-order valence-electron chi connectivity index (χ1n) is 10.1. The number of alkyl halides is 3. The highest BCUT2D eigenvalue weighted by Gasteiger charge is 2.31. The molecule has 1 amide bonds. The smallest absolute Gasteiger partial charge is 0.402 e. The van der Waals surface area contributed by atoms with Crippen molar-refractivity contribution in [2.45, 2.75) is 52.3 Å². The number of benzene rings is 1. The van der Waals surface area contributed by atoms with Gasteiger partial charge in [-0.15, -0.1) is 0 Å². The molecule has 1 saturated carbocycles. The van der Waals surface area contributed by atoms with Crippen LogP contribution in [0.3, 0.4) is 0 Å². The molecule has 1 fully saturated rings. The third-order valence-corrected chi connectivity index (χ3v) is 4.90. The van der Waals surface area contributed by atoms with Crippen LogP contribution in [0.5, 0.6) is 0 Å². The van der Waals surface area contributed by atoms with Gasteiger partial charge in [0.2, 0.25) is 0 Å². The van der Waals surface area contributed by atoms with Gasteiger partial charge in [-0.2, -0.15) is 13.2 Å². The van der Waals surface area contributed by atoms with Crippen LogP contribution in [-0.2, 0) is 11.0 Å². The molecule has 1 aromatic carbocycles. The summed E-state index contributed by atoms with van der Waals surface area (Å²) in [7, 11) is 0. The van der Waals surface area contributed by atoms with E-state index < -0.39 is 17.6 Å². The molecular weight excluding hydrogens is 407 g/mol. The third-order valence-electron chi connectivity index (χ3n) is 4.90. The molecule has 0 saturated heterocycles. The van der Waals surface area contributed by atoms with Gasteiger partial charge < -0.3 is 11.1 Å². The normalized spacial score (nSPS) is 16.3. The lowest BCUT2D eigenvalue weighted by Crippen LogP contribution is -2.37. The van der Waals surface area contributed by atoms with Crippen LogP contribution in [0.1, 0.15) is 51.2 Å². The Balaban J connectivity index is 2.19. The van der Waals surface area contributed by atoms with E-state index >= 15 is 0 Å². The standard InChI is InChI=1S/C22H28F3N5O/c1-13(2)28-11-18(14(3)26)21(31)29-12-19(15-6-4-7-15)30-20(27)16-8-5-9-17(10-16)22(23,24)25/h5,8-11,13,15,27H,4,6-7,12,26H2,1-3H3,(H,29,31)/b18-14+,27-20?,28-11?,30-19?. The van der Waals surface area contributed by atoms with Crippen LogP contribution in [0.15, 0.2) is 45.5 Å². The van der Waals surface area contributed by atoms with Gasteiger partial charge in [-0.1, -0.05) is 18.6 Å². The van der Waals surface area contributed by atoms with Crippen molar-refractivity contribution in [2.24, 2.45) is 21.6 Å². The second kappa shape index (κ2) is 10.4. The number of hydrogen-bond acceptors (Lipinski definition) is 4. The molecule has 0 atom stereocenters. The van der Waals surface area contributed by atoms with Crippen LogP contribution in [0.2, 0.25) is 0 Å². The number of halogens is 3. The molecule has 0 aromatic heterocycles. The van der Waals surface area contributed by atoms with Crippen LogP contribution in [0.25, 0.3) is 0 Å². The van der Waals surface area contributed by atoms with Gasteiger partial charge in [-0.05, 0) is 51.7 Å². The number of amidine groups is 1. The maximum Gasteiger partial charge on any atom is 0.416 e. The summed E-state index contributed by atoms with van der Waals surface area (Å²) in [6.07, 6.45) is -0.343. The highest BCUT2D eigenvalue weighted by molar-refractivity contribution is 6.14. The average molecular weight is 435 g/mol. The van der Waals surface area contributed by atoms with Gasteiger partial charge in [0.25, 0.3) is 5.91 Å². The van der Waals surface area contributed by atoms with Crippen molar-refractivity contribution in [1.82, 2.24) is 5.32 Å². The first kappa shape index (κ1) is 24.3. The lowest BCUT2D eigenvalue weighted by Gasteiger charge is -2.27. The molecule has 1 aromatic rings. The van der Waals surface area contributed by atoms with E-state index in [9.17, 15) is 18.0 Å². The van der Waals surface area contributed by atoms with E-state index in [1.54, 1.807) is 6.92 Å². The SMILES string of the molecule is C/C(N)=C(/C=NC(C)C)C(=O)NCC(=NC(=N)c1cccc(C(F)(F)F)c1)C1CCC1. The van der Waals surface area contributed by atoms with Crippen molar-refractivity contribution >= 4 is 23.7 Å². The molecule has 0 aliphatic heterocycles. The number of nitrogens with two attached hydrogens (primary N) is 1. The highest BCUT2D eigenvalue weighted by atomic mass is 19.4. The van der Waals surface area contributed by atoms with Gasteiger partial charge in [-0.25, -0.2) is 4.99 Å². The molecule has 0 spiro atoms. The number of amides is 1. The summed E-state index contributed by atoms with van der Waals surface area (Å²) in [5.41, 5.74) is 6.17. The predicted molar refractivity (Wildman–Crippen MR) is 117 cm³/mol. The van der Waals surface area contributed by atoms with Crippen LogP contribution >= 0.6 is 0 Å². The minimum Gasteiger partial charge on any atom is -0.402 e. The highest BCUT2D eigenvalue weighted by Crippen LogP contribution is 2.30. The van der Waals surface area contributed by atoms with Gasteiger partial charge in [0.1, 0.15) is 0 Å². The fourth-order valence-electron chi connectivity index (χ4n) is 2.90. The van der Waals surface area contributed by atoms with Crippen molar-refractivity contribution in [1.29, 1.82) is 5.41 Å². The molecule has 0 bridgehead atoms. The van der Waals surface area contributed by atoms with E-state index in [2.05, 4.69) is 15.3 Å². The molecule has 0 radical (unpaired) electrons. The Morgan fingerprint density at radius 3 is 2.55 bits per heavy atom. The van der Waals surface area contributed by atoms with Crippen molar-refractivity contribution in [2.75, 3.05) is 6.54 Å². The van der Waals surface area contributed by atoms with Crippen LogP contribution in [-0.4, -0.2) is 36.3 Å². The largest absolute Gasteiger partial charge is 0.416 e. The zero-order chi connectivity index (χ0) is 23.2. The zero-order valence-corrected chi connectivity index (χ0v) is 17.9. The van der Waals surface area contributed by atoms with E-state index in [0.717, 1.165) is 31.4 Å². The van der Waals surface area contributed by atoms with Gasteiger partial charge in [0.15, 0.2) is 5.84 Å². The molecule has 1 aliphatic carbocycles. The number of aliphatic imine (C=N–C) groups is 2. The monoisotopic (exact) mass is 435 g/mol. The van der Waals surface area contributed by atoms with Gasteiger partial charge in [0.05, 0.1) is 17.7 Å². The minimum absolute atomic E-state index is 0.00202. The molecule has 6 nitrogen and oxygen atoms in total. The van der Waals surface area contributed by atoms with E-state index in [4.69, 9.17) is 11.1 Å². The quantitative estimate of drug-likeness (QED) is 0.341. The van der Waals surface area contributed by atoms with Crippen molar-refractivity contribution in [3.63, 3.8) is 0 Å². The molecule has 31 heavy (non-hydrogen) atoms. The fourth-order valence-corrected chi connectivity index (χ4v) is 2.90. The van der Waals surface area contributed by atoms with Crippen LogP contribution < -0.4 is 11.1 Å². The molecular formula is C22H28F3N5O. The summed E-state index contributed by atoms with van der Waals surface area (Å²) in [5.74, 6) is -0.599. The fraction of sp³-hybridized carbons (Fsp3) is 0.455. The molecule has 9 heteroatoms. The van der Waals surface area contributed by atoms with Crippen LogP contribution in [0, 0.1) is 11.3 Å². The average Bonchev–Trinajstić information content (AvgIpc) is 2.63. The van der Waals surface area contributed by atoms with Crippen molar-refractivity contribution in [3.8, 4) is 0 Å². The zero-order valence-electron chi connectivity index (χ0n) is 17.9. The first-order chi connectivity index (χ1) is 14.5. The lowest BCUT2D eigenvalue weighted by atomic mass is 9.81. The van der Waals surface area contributed by atoms with E-state index in [-0.39, 0.29) is 35.5 Å². The number of nitrogens with one attached hydrogen (secondary N) is 2. The van der Waals surface area contributed by atoms with E-state index in [0.29, 0.717) is 11.4 Å². The Labute approximate surface area is 180 Å². The summed E-state index contributed by atoms with van der Waals surface area (Å²) in [6, 6.07) is 4.53. The second-order valence-corrected chi connectivity index (χ2v) is 7.81. The molecule has 1 aliphatic rings. The molecule has 0 unspecified atom stereocenters. The molecule has 4 N–H and O–H groups in total. The predicted octanol–water partition coefficient (Wildman–Crippen LogP) is 4.10. The maximum atomic E-state index is 13.0. The summed E-state index contributed by atoms with van der Waals surface area (Å²) in [5, 5.41) is 10.9. The number of carbonyl (C=O) groups excluding carboxylic acids is 1. The first-order valence-corrected chi connectivity index (χ1v) is 10.1. The Morgan fingerprint density at radius 2 is 2.03 bits per heavy atom. The molecule has 2 rings (SSSR count). The molecule has 0 heterocycles. The lowest BCUT2D eigenvalue weighted by molar-refractivity contribution is -0.137. The van der Waals surface area contributed by atoms with E-state index in [1.807, 2.05) is 13.8 Å². The van der Waals surface area contributed by atoms with Crippen molar-refractivity contribution < 1.29 is 18.0 Å². The van der Waals surface area contributed by atoms with Gasteiger partial charge in [-0.3, -0.25) is 15.2 Å². The summed E-state index contributed by atoms with van der Waals surface area (Å²) in [4.78, 5) is 21.0. The second-order valence-electron chi connectivity index (χ2n) is 7.81.